The second-order valence-electron chi connectivity index (χ2n) is 16.9. The second-order valence-corrected chi connectivity index (χ2v) is 17.3. The summed E-state index contributed by atoms with van der Waals surface area (Å²) < 4.78 is 54.2. The van der Waals surface area contributed by atoms with Crippen LogP contribution in [-0.2, 0) is 25.3 Å². The van der Waals surface area contributed by atoms with E-state index in [1.54, 1.807) is 6.92 Å². The van der Waals surface area contributed by atoms with Crippen LogP contribution in [0.2, 0.25) is 5.15 Å². The lowest BCUT2D eigenvalue weighted by atomic mass is 9.96. The molecule has 0 radical (unpaired) electrons. The summed E-state index contributed by atoms with van der Waals surface area (Å²) in [7, 11) is 5.47. The molecule has 0 aliphatic carbocycles. The molecule has 354 valence electrons. The van der Waals surface area contributed by atoms with E-state index in [2.05, 4.69) is 58.7 Å². The Kier molecular flexibility index (Phi) is 13.9. The fourth-order valence-electron chi connectivity index (χ4n) is 9.53. The van der Waals surface area contributed by atoms with E-state index >= 15 is 0 Å². The number of ether oxygens (including phenoxy) is 2. The first-order valence-electron chi connectivity index (χ1n) is 21.9. The van der Waals surface area contributed by atoms with E-state index in [1.165, 1.54) is 23.9 Å². The van der Waals surface area contributed by atoms with Crippen molar-refractivity contribution in [2.45, 2.75) is 75.9 Å². The normalized spacial score (nSPS) is 19.0. The molecule has 2 unspecified atom stereocenters. The molecule has 67 heavy (non-hydrogen) atoms. The van der Waals surface area contributed by atoms with Crippen molar-refractivity contribution < 1.29 is 41.8 Å². The van der Waals surface area contributed by atoms with Crippen molar-refractivity contribution in [2.24, 2.45) is 0 Å². The van der Waals surface area contributed by atoms with Crippen LogP contribution in [0.15, 0.2) is 59.9 Å². The fourth-order valence-corrected chi connectivity index (χ4v) is 9.71. The standard InChI is InChI=1S/C45H50ClF3N12O6/c1-27(66-4)41-33(23-50-39-21-38(46)55-61(39)41)54-44(65)53-32-20-28(45(47,48)49)22-51-43(32)67-19-18-58-14-10-30(11-15-58)56(2)31-12-16-59(17-13-31)36-6-5-7-37-42(36)57(3)40(26-64)60(37)35-9-8-29(24-62)52-34(35)25-63/h5-7,20-23,27,30-31,35,52H,8-19H2,1-4H3,(H2,53,54,65). The first-order valence-corrected chi connectivity index (χ1v) is 22.3. The molecule has 7 heterocycles. The van der Waals surface area contributed by atoms with Crippen LogP contribution >= 0.6 is 11.6 Å². The Bertz CT molecular complexity index is 2670. The number of nitrogens with zero attached hydrogens (tertiary/aromatic N) is 9. The number of anilines is 5. The number of halogens is 4. The van der Waals surface area contributed by atoms with Gasteiger partial charge >= 0.3 is 12.2 Å². The topological polar surface area (TPSA) is 182 Å². The third-order valence-corrected chi connectivity index (χ3v) is 13.3. The molecule has 4 aliphatic rings. The van der Waals surface area contributed by atoms with E-state index in [0.29, 0.717) is 49.0 Å². The van der Waals surface area contributed by atoms with Gasteiger partial charge in [0.1, 0.15) is 35.6 Å². The van der Waals surface area contributed by atoms with Crippen molar-refractivity contribution in [2.75, 3.05) is 85.9 Å². The van der Waals surface area contributed by atoms with E-state index in [1.807, 2.05) is 46.9 Å². The molecule has 0 bridgehead atoms. The van der Waals surface area contributed by atoms with Crippen molar-refractivity contribution >= 4 is 69.5 Å². The highest BCUT2D eigenvalue weighted by Gasteiger charge is 2.42. The number of aromatic nitrogens is 4. The zero-order valence-corrected chi connectivity index (χ0v) is 38.1. The minimum atomic E-state index is -4.72. The van der Waals surface area contributed by atoms with E-state index in [9.17, 15) is 32.3 Å². The molecule has 0 spiro atoms. The lowest BCUT2D eigenvalue weighted by Crippen LogP contribution is -2.51. The van der Waals surface area contributed by atoms with Crippen molar-refractivity contribution in [3.05, 3.63) is 76.4 Å². The predicted octanol–water partition coefficient (Wildman–Crippen LogP) is 5.70. The molecular formula is C45H50ClF3N12O6. The van der Waals surface area contributed by atoms with Gasteiger partial charge < -0.3 is 45.0 Å². The Balaban J connectivity index is 0.847. The lowest BCUT2D eigenvalue weighted by molar-refractivity contribution is -0.137. The van der Waals surface area contributed by atoms with E-state index in [-0.39, 0.29) is 46.2 Å². The summed E-state index contributed by atoms with van der Waals surface area (Å²) in [5.74, 6) is 5.96. The summed E-state index contributed by atoms with van der Waals surface area (Å²) in [6.07, 6.45) is 1.25. The Morgan fingerprint density at radius 1 is 0.970 bits per heavy atom. The molecule has 3 aromatic heterocycles. The molecule has 18 nitrogen and oxygen atoms in total. The van der Waals surface area contributed by atoms with Gasteiger partial charge in [0.15, 0.2) is 16.7 Å². The van der Waals surface area contributed by atoms with Gasteiger partial charge in [-0.15, -0.1) is 0 Å². The number of carbonyl (C=O) groups is 1. The van der Waals surface area contributed by atoms with E-state index in [4.69, 9.17) is 21.1 Å². The number of rotatable bonds is 12. The quantitative estimate of drug-likeness (QED) is 0.147. The smallest absolute Gasteiger partial charge is 0.417 e. The third kappa shape index (κ3) is 9.71. The number of pyridine rings is 1. The highest BCUT2D eigenvalue weighted by Crippen LogP contribution is 2.49. The number of amides is 2. The Labute approximate surface area is 389 Å². The van der Waals surface area contributed by atoms with Gasteiger partial charge in [0.05, 0.1) is 52.3 Å². The second kappa shape index (κ2) is 19.8. The molecule has 2 amide bonds. The number of likely N-dealkylation sites (tertiary alicyclic amines) is 1. The van der Waals surface area contributed by atoms with Gasteiger partial charge in [0.25, 0.3) is 0 Å². The van der Waals surface area contributed by atoms with Gasteiger partial charge in [0, 0.05) is 64.6 Å². The number of hydrogen-bond donors (Lipinski definition) is 3. The third-order valence-electron chi connectivity index (χ3n) is 13.1. The van der Waals surface area contributed by atoms with Gasteiger partial charge in [-0.1, -0.05) is 17.7 Å². The summed E-state index contributed by atoms with van der Waals surface area (Å²) in [5.41, 5.74) is 2.76. The monoisotopic (exact) mass is 946 g/mol. The first-order chi connectivity index (χ1) is 32.2. The minimum Gasteiger partial charge on any atom is -0.475 e. The summed E-state index contributed by atoms with van der Waals surface area (Å²) in [4.78, 5) is 67.9. The number of urea groups is 1. The molecule has 0 saturated carbocycles. The number of fused-ring (bicyclic) bond motifs is 2. The van der Waals surface area contributed by atoms with Gasteiger partial charge in [-0.05, 0) is 77.4 Å². The molecule has 3 saturated heterocycles. The number of methoxy groups -OCH3 is 1. The van der Waals surface area contributed by atoms with Crippen molar-refractivity contribution in [1.29, 1.82) is 0 Å². The Morgan fingerprint density at radius 2 is 1.67 bits per heavy atom. The zero-order chi connectivity index (χ0) is 47.6. The van der Waals surface area contributed by atoms with Crippen LogP contribution < -0.4 is 35.4 Å². The highest BCUT2D eigenvalue weighted by molar-refractivity contribution is 6.29. The van der Waals surface area contributed by atoms with Crippen LogP contribution in [0.5, 0.6) is 5.88 Å². The summed E-state index contributed by atoms with van der Waals surface area (Å²) >= 11 is 6.09. The molecule has 8 rings (SSSR count). The van der Waals surface area contributed by atoms with E-state index < -0.39 is 29.9 Å². The van der Waals surface area contributed by atoms with Gasteiger partial charge in [-0.25, -0.2) is 33.7 Å². The minimum absolute atomic E-state index is 0.120. The zero-order valence-electron chi connectivity index (χ0n) is 37.3. The predicted molar refractivity (Wildman–Crippen MR) is 244 cm³/mol. The number of nitrogens with one attached hydrogen (secondary N) is 3. The summed E-state index contributed by atoms with van der Waals surface area (Å²) in [6, 6.07) is 7.56. The number of benzene rings is 1. The Morgan fingerprint density at radius 3 is 2.34 bits per heavy atom. The number of para-hydroxylation sites is 1. The number of carbonyl (C=O) groups excluding carboxylic acids is 4. The molecule has 4 aromatic rings. The Hall–Kier alpha value is -6.43. The van der Waals surface area contributed by atoms with Crippen LogP contribution in [-0.4, -0.2) is 132 Å². The number of piperidine rings is 3. The van der Waals surface area contributed by atoms with Crippen LogP contribution in [0, 0.1) is 0 Å². The van der Waals surface area contributed by atoms with Crippen LogP contribution in [0.3, 0.4) is 0 Å². The molecule has 3 fully saturated rings. The largest absolute Gasteiger partial charge is 0.475 e. The van der Waals surface area contributed by atoms with Crippen LogP contribution in [0.4, 0.5) is 46.4 Å². The number of hydrogen-bond acceptors (Lipinski definition) is 15. The van der Waals surface area contributed by atoms with Gasteiger partial charge in [-0.3, -0.25) is 4.90 Å². The number of alkyl halides is 3. The average molecular weight is 947 g/mol. The fraction of sp³-hybridized carbons (Fsp3) is 0.467. The molecule has 4 aliphatic heterocycles. The SMILES string of the molecule is COC(C)c1c(NC(=O)Nc2cc(C(F)(F)F)cnc2OCCN2CCC(N(C)C3CCN(c4cccc5c4N(C)C(=C=O)N5C4CCC(=C=O)NC4=C=O)CC3)CC2)cnc2cc(Cl)nn12. The highest BCUT2D eigenvalue weighted by atomic mass is 35.5. The summed E-state index contributed by atoms with van der Waals surface area (Å²) in [6.45, 7) is 5.53. The first kappa shape index (κ1) is 47.1. The average Bonchev–Trinajstić information content (AvgIpc) is 3.86. The molecule has 2 atom stereocenters. The van der Waals surface area contributed by atoms with Crippen molar-refractivity contribution in [3.63, 3.8) is 0 Å². The van der Waals surface area contributed by atoms with Gasteiger partial charge in [0.2, 0.25) is 11.7 Å². The van der Waals surface area contributed by atoms with E-state index in [0.717, 1.165) is 75.0 Å². The maximum absolute atomic E-state index is 13.8. The maximum atomic E-state index is 13.8. The van der Waals surface area contributed by atoms with Gasteiger partial charge in [-0.2, -0.15) is 18.3 Å². The molecule has 1 aromatic carbocycles. The number of allylic oxidation sites excluding steroid dienone is 1. The van der Waals surface area contributed by atoms with Crippen LogP contribution in [0.25, 0.3) is 5.65 Å². The molecule has 3 N–H and O–H groups in total. The lowest BCUT2D eigenvalue weighted by Gasteiger charge is -2.44. The van der Waals surface area contributed by atoms with Crippen LogP contribution in [0.1, 0.15) is 62.8 Å². The molecule has 22 heteroatoms. The maximum Gasteiger partial charge on any atom is 0.417 e. The molecular weight excluding hydrogens is 897 g/mol. The van der Waals surface area contributed by atoms with Crippen molar-refractivity contribution in [1.82, 2.24) is 34.7 Å². The summed E-state index contributed by atoms with van der Waals surface area (Å²) in [5, 5.41) is 12.3. The van der Waals surface area contributed by atoms with Crippen molar-refractivity contribution in [3.8, 4) is 5.88 Å².